The van der Waals surface area contributed by atoms with Crippen molar-refractivity contribution >= 4 is 5.91 Å². The highest BCUT2D eigenvalue weighted by Gasteiger charge is 2.37. The molecule has 1 aromatic carbocycles. The Bertz CT molecular complexity index is 566. The van der Waals surface area contributed by atoms with E-state index in [1.807, 2.05) is 42.3 Å². The van der Waals surface area contributed by atoms with Gasteiger partial charge in [0, 0.05) is 24.6 Å². The molecule has 2 heterocycles. The Morgan fingerprint density at radius 3 is 2.82 bits per heavy atom. The molecule has 3 unspecified atom stereocenters. The predicted octanol–water partition coefficient (Wildman–Crippen LogP) is 2.42. The van der Waals surface area contributed by atoms with Gasteiger partial charge in [0.2, 0.25) is 5.91 Å². The normalized spacial score (nSPS) is 28.3. The molecule has 2 aliphatic rings. The molecule has 3 nitrogen and oxygen atoms in total. The highest BCUT2D eigenvalue weighted by Crippen LogP contribution is 2.28. The Morgan fingerprint density at radius 2 is 2.09 bits per heavy atom. The standard InChI is InChI=1S/C19H24N2O/c1-21-18(11-10-15-7-3-2-4-8-15)14-16(19(21)22)13-17-9-5-6-12-20-17/h2-4,7-8,16-18,20H,5-6,9,12-14H2,1H3. The first kappa shape index (κ1) is 15.1. The quantitative estimate of drug-likeness (QED) is 0.850. The predicted molar refractivity (Wildman–Crippen MR) is 88.2 cm³/mol. The molecule has 3 rings (SSSR count). The molecular weight excluding hydrogens is 272 g/mol. The van der Waals surface area contributed by atoms with E-state index in [2.05, 4.69) is 17.2 Å². The number of nitrogens with zero attached hydrogens (tertiary/aromatic N) is 1. The summed E-state index contributed by atoms with van der Waals surface area (Å²) in [5.74, 6) is 6.88. The van der Waals surface area contributed by atoms with Crippen LogP contribution in [0.1, 0.15) is 37.7 Å². The molecule has 1 N–H and O–H groups in total. The first-order valence-electron chi connectivity index (χ1n) is 8.30. The monoisotopic (exact) mass is 296 g/mol. The molecule has 2 fully saturated rings. The molecule has 0 aliphatic carbocycles. The summed E-state index contributed by atoms with van der Waals surface area (Å²) < 4.78 is 0. The van der Waals surface area contributed by atoms with Gasteiger partial charge < -0.3 is 10.2 Å². The molecule has 0 saturated carbocycles. The third-order valence-electron chi connectivity index (χ3n) is 4.81. The van der Waals surface area contributed by atoms with Crippen molar-refractivity contribution in [2.24, 2.45) is 5.92 Å². The molecule has 0 bridgehead atoms. The lowest BCUT2D eigenvalue weighted by Gasteiger charge is -2.25. The molecule has 2 aliphatic heterocycles. The number of carbonyl (C=O) groups excluding carboxylic acids is 1. The molecule has 22 heavy (non-hydrogen) atoms. The summed E-state index contributed by atoms with van der Waals surface area (Å²) in [7, 11) is 1.89. The number of benzene rings is 1. The van der Waals surface area contributed by atoms with Gasteiger partial charge in [0.1, 0.15) is 0 Å². The molecule has 1 aromatic rings. The number of rotatable bonds is 2. The Morgan fingerprint density at radius 1 is 1.27 bits per heavy atom. The fourth-order valence-electron chi connectivity index (χ4n) is 3.48. The van der Waals surface area contributed by atoms with E-state index in [1.54, 1.807) is 0 Å². The fraction of sp³-hybridized carbons (Fsp3) is 0.526. The van der Waals surface area contributed by atoms with Crippen LogP contribution >= 0.6 is 0 Å². The van der Waals surface area contributed by atoms with Crippen LogP contribution in [0.15, 0.2) is 30.3 Å². The van der Waals surface area contributed by atoms with Crippen LogP contribution < -0.4 is 5.32 Å². The molecule has 0 spiro atoms. The fourth-order valence-corrected chi connectivity index (χ4v) is 3.48. The molecule has 116 valence electrons. The van der Waals surface area contributed by atoms with Gasteiger partial charge in [0.05, 0.1) is 6.04 Å². The van der Waals surface area contributed by atoms with Crippen molar-refractivity contribution in [3.8, 4) is 11.8 Å². The van der Waals surface area contributed by atoms with Gasteiger partial charge in [-0.25, -0.2) is 0 Å². The van der Waals surface area contributed by atoms with Crippen LogP contribution in [0.4, 0.5) is 0 Å². The van der Waals surface area contributed by atoms with Crippen LogP contribution in [0.25, 0.3) is 0 Å². The lowest BCUT2D eigenvalue weighted by molar-refractivity contribution is -0.130. The topological polar surface area (TPSA) is 32.3 Å². The van der Waals surface area contributed by atoms with E-state index in [0.717, 1.165) is 24.9 Å². The van der Waals surface area contributed by atoms with E-state index in [9.17, 15) is 4.79 Å². The van der Waals surface area contributed by atoms with Crippen molar-refractivity contribution in [2.75, 3.05) is 13.6 Å². The number of amides is 1. The van der Waals surface area contributed by atoms with Crippen molar-refractivity contribution in [3.63, 3.8) is 0 Å². The van der Waals surface area contributed by atoms with E-state index in [1.165, 1.54) is 19.3 Å². The summed E-state index contributed by atoms with van der Waals surface area (Å²) >= 11 is 0. The Labute approximate surface area is 133 Å². The van der Waals surface area contributed by atoms with Crippen molar-refractivity contribution in [3.05, 3.63) is 35.9 Å². The highest BCUT2D eigenvalue weighted by atomic mass is 16.2. The number of piperidine rings is 1. The molecule has 1 amide bonds. The smallest absolute Gasteiger partial charge is 0.226 e. The van der Waals surface area contributed by atoms with Crippen LogP contribution in [0.2, 0.25) is 0 Å². The average Bonchev–Trinajstić information content (AvgIpc) is 2.83. The first-order valence-corrected chi connectivity index (χ1v) is 8.30. The summed E-state index contributed by atoms with van der Waals surface area (Å²) in [4.78, 5) is 14.3. The van der Waals surface area contributed by atoms with Crippen LogP contribution in [0.3, 0.4) is 0 Å². The maximum Gasteiger partial charge on any atom is 0.226 e. The molecule has 0 aromatic heterocycles. The third-order valence-corrected chi connectivity index (χ3v) is 4.81. The van der Waals surface area contributed by atoms with Gasteiger partial charge in [0.15, 0.2) is 0 Å². The number of likely N-dealkylation sites (tertiary alicyclic amines) is 1. The molecule has 3 atom stereocenters. The van der Waals surface area contributed by atoms with Crippen molar-refractivity contribution in [2.45, 2.75) is 44.2 Å². The third kappa shape index (κ3) is 3.51. The first-order chi connectivity index (χ1) is 10.7. The second-order valence-corrected chi connectivity index (χ2v) is 6.42. The number of hydrogen-bond acceptors (Lipinski definition) is 2. The van der Waals surface area contributed by atoms with E-state index < -0.39 is 0 Å². The zero-order chi connectivity index (χ0) is 15.4. The maximum atomic E-state index is 12.4. The zero-order valence-electron chi connectivity index (χ0n) is 13.2. The summed E-state index contributed by atoms with van der Waals surface area (Å²) in [6, 6.07) is 10.6. The van der Waals surface area contributed by atoms with Gasteiger partial charge in [-0.05, 0) is 44.4 Å². The summed E-state index contributed by atoms with van der Waals surface area (Å²) in [5, 5.41) is 3.55. The van der Waals surface area contributed by atoms with Crippen molar-refractivity contribution < 1.29 is 4.79 Å². The number of nitrogens with one attached hydrogen (secondary N) is 1. The highest BCUT2D eigenvalue weighted by molar-refractivity contribution is 5.82. The number of carbonyl (C=O) groups is 1. The van der Waals surface area contributed by atoms with Crippen molar-refractivity contribution in [1.29, 1.82) is 0 Å². The second kappa shape index (κ2) is 6.98. The summed E-state index contributed by atoms with van der Waals surface area (Å²) in [5.41, 5.74) is 1.01. The van der Waals surface area contributed by atoms with E-state index in [4.69, 9.17) is 0 Å². The van der Waals surface area contributed by atoms with Crippen molar-refractivity contribution in [1.82, 2.24) is 10.2 Å². The lowest BCUT2D eigenvalue weighted by Crippen LogP contribution is -2.37. The van der Waals surface area contributed by atoms with E-state index in [-0.39, 0.29) is 17.9 Å². The Kier molecular flexibility index (Phi) is 4.80. The minimum atomic E-state index is 0.0568. The maximum absolute atomic E-state index is 12.4. The minimum Gasteiger partial charge on any atom is -0.332 e. The van der Waals surface area contributed by atoms with Crippen LogP contribution in [-0.2, 0) is 4.79 Å². The Hall–Kier alpha value is -1.79. The van der Waals surface area contributed by atoms with E-state index >= 15 is 0 Å². The van der Waals surface area contributed by atoms with Gasteiger partial charge in [-0.15, -0.1) is 0 Å². The molecular formula is C19H24N2O. The van der Waals surface area contributed by atoms with Gasteiger partial charge >= 0.3 is 0 Å². The Balaban J connectivity index is 1.62. The zero-order valence-corrected chi connectivity index (χ0v) is 13.2. The summed E-state index contributed by atoms with van der Waals surface area (Å²) in [6.07, 6.45) is 5.58. The van der Waals surface area contributed by atoms with Gasteiger partial charge in [-0.3, -0.25) is 4.79 Å². The van der Waals surface area contributed by atoms with E-state index in [0.29, 0.717) is 6.04 Å². The van der Waals surface area contributed by atoms with Crippen LogP contribution in [-0.4, -0.2) is 36.5 Å². The van der Waals surface area contributed by atoms with Crippen LogP contribution in [0, 0.1) is 17.8 Å². The lowest BCUT2D eigenvalue weighted by atomic mass is 9.92. The summed E-state index contributed by atoms with van der Waals surface area (Å²) in [6.45, 7) is 1.10. The average molecular weight is 296 g/mol. The second-order valence-electron chi connectivity index (χ2n) is 6.42. The van der Waals surface area contributed by atoms with Crippen LogP contribution in [0.5, 0.6) is 0 Å². The largest absolute Gasteiger partial charge is 0.332 e. The van der Waals surface area contributed by atoms with Gasteiger partial charge in [-0.1, -0.05) is 36.5 Å². The molecule has 0 radical (unpaired) electrons. The molecule has 2 saturated heterocycles. The number of hydrogen-bond donors (Lipinski definition) is 1. The SMILES string of the molecule is CN1C(=O)C(CC2CCCCN2)CC1C#Cc1ccccc1. The van der Waals surface area contributed by atoms with Gasteiger partial charge in [-0.2, -0.15) is 0 Å². The molecule has 3 heteroatoms. The van der Waals surface area contributed by atoms with Gasteiger partial charge in [0.25, 0.3) is 0 Å². The minimum absolute atomic E-state index is 0.0568.